The Morgan fingerprint density at radius 3 is 2.83 bits per heavy atom. The van der Waals surface area contributed by atoms with Gasteiger partial charge in [0.15, 0.2) is 0 Å². The summed E-state index contributed by atoms with van der Waals surface area (Å²) < 4.78 is 5.16. The van der Waals surface area contributed by atoms with Crippen LogP contribution in [-0.4, -0.2) is 11.1 Å². The number of carbonyl (C=O) groups is 1. The fourth-order valence-electron chi connectivity index (χ4n) is 0.941. The standard InChI is InChI=1S/C8H11NO3/c1-5-2-3-7(12-5)6(9)4-8(10)11/h2-3,6H,4,9H2,1H3,(H,10,11). The molecule has 4 nitrogen and oxygen atoms in total. The molecule has 1 unspecified atom stereocenters. The molecule has 12 heavy (non-hydrogen) atoms. The summed E-state index contributed by atoms with van der Waals surface area (Å²) in [6.07, 6.45) is -0.104. The zero-order valence-corrected chi connectivity index (χ0v) is 6.78. The van der Waals surface area contributed by atoms with Crippen molar-refractivity contribution in [3.63, 3.8) is 0 Å². The lowest BCUT2D eigenvalue weighted by Gasteiger charge is -2.03. The lowest BCUT2D eigenvalue weighted by molar-refractivity contribution is -0.137. The molecule has 1 rings (SSSR count). The molecule has 1 aromatic heterocycles. The van der Waals surface area contributed by atoms with Gasteiger partial charge in [-0.15, -0.1) is 0 Å². The minimum atomic E-state index is -0.920. The van der Waals surface area contributed by atoms with Crippen LogP contribution >= 0.6 is 0 Å². The van der Waals surface area contributed by atoms with Crippen LogP contribution in [-0.2, 0) is 4.79 Å². The molecule has 0 aliphatic heterocycles. The summed E-state index contributed by atoms with van der Waals surface area (Å²) in [5.74, 6) is 0.345. The minimum absolute atomic E-state index is 0.104. The molecule has 0 fully saturated rings. The van der Waals surface area contributed by atoms with Gasteiger partial charge in [0.25, 0.3) is 0 Å². The van der Waals surface area contributed by atoms with Crippen LogP contribution in [0.1, 0.15) is 24.0 Å². The number of aryl methyl sites for hydroxylation is 1. The first-order valence-corrected chi connectivity index (χ1v) is 3.63. The van der Waals surface area contributed by atoms with Crippen molar-refractivity contribution in [1.82, 2.24) is 0 Å². The predicted molar refractivity (Wildman–Crippen MR) is 42.6 cm³/mol. The monoisotopic (exact) mass is 169 g/mol. The van der Waals surface area contributed by atoms with Gasteiger partial charge in [0.2, 0.25) is 0 Å². The molecular weight excluding hydrogens is 158 g/mol. The van der Waals surface area contributed by atoms with Crippen molar-refractivity contribution < 1.29 is 14.3 Å². The highest BCUT2D eigenvalue weighted by Crippen LogP contribution is 2.16. The number of nitrogens with two attached hydrogens (primary N) is 1. The Balaban J connectivity index is 2.64. The molecule has 4 heteroatoms. The van der Waals surface area contributed by atoms with Crippen molar-refractivity contribution in [3.8, 4) is 0 Å². The van der Waals surface area contributed by atoms with E-state index in [2.05, 4.69) is 0 Å². The van der Waals surface area contributed by atoms with Crippen molar-refractivity contribution in [3.05, 3.63) is 23.7 Å². The van der Waals surface area contributed by atoms with Gasteiger partial charge >= 0.3 is 5.97 Å². The van der Waals surface area contributed by atoms with E-state index in [0.717, 1.165) is 5.76 Å². The molecular formula is C8H11NO3. The van der Waals surface area contributed by atoms with Crippen LogP contribution in [0.5, 0.6) is 0 Å². The van der Waals surface area contributed by atoms with Crippen molar-refractivity contribution in [2.24, 2.45) is 5.73 Å². The smallest absolute Gasteiger partial charge is 0.305 e. The topological polar surface area (TPSA) is 76.5 Å². The highest BCUT2D eigenvalue weighted by atomic mass is 16.4. The fraction of sp³-hybridized carbons (Fsp3) is 0.375. The van der Waals surface area contributed by atoms with Crippen LogP contribution in [0.2, 0.25) is 0 Å². The van der Waals surface area contributed by atoms with Gasteiger partial charge in [-0.1, -0.05) is 0 Å². The summed E-state index contributed by atoms with van der Waals surface area (Å²) in [4.78, 5) is 10.3. The average Bonchev–Trinajstić information content (AvgIpc) is 2.34. The van der Waals surface area contributed by atoms with Gasteiger partial charge in [-0.05, 0) is 19.1 Å². The Morgan fingerprint density at radius 1 is 1.75 bits per heavy atom. The van der Waals surface area contributed by atoms with E-state index in [1.807, 2.05) is 0 Å². The maximum Gasteiger partial charge on any atom is 0.305 e. The molecule has 0 aliphatic rings. The van der Waals surface area contributed by atoms with E-state index in [1.165, 1.54) is 0 Å². The van der Waals surface area contributed by atoms with Crippen LogP contribution in [0.3, 0.4) is 0 Å². The number of hydrogen-bond acceptors (Lipinski definition) is 3. The third kappa shape index (κ3) is 2.10. The van der Waals surface area contributed by atoms with Crippen LogP contribution in [0, 0.1) is 6.92 Å². The zero-order chi connectivity index (χ0) is 9.14. The molecule has 1 atom stereocenters. The van der Waals surface area contributed by atoms with Gasteiger partial charge in [0, 0.05) is 0 Å². The summed E-state index contributed by atoms with van der Waals surface area (Å²) in [7, 11) is 0. The van der Waals surface area contributed by atoms with Gasteiger partial charge in [0.05, 0.1) is 12.5 Å². The second-order valence-electron chi connectivity index (χ2n) is 2.65. The average molecular weight is 169 g/mol. The normalized spacial score (nSPS) is 12.8. The van der Waals surface area contributed by atoms with E-state index in [0.29, 0.717) is 5.76 Å². The Labute approximate surface area is 70.0 Å². The highest BCUT2D eigenvalue weighted by molar-refractivity contribution is 5.67. The molecule has 0 saturated heterocycles. The number of furan rings is 1. The number of aliphatic carboxylic acids is 1. The molecule has 1 aromatic rings. The first-order chi connectivity index (χ1) is 5.59. The molecule has 0 aliphatic carbocycles. The quantitative estimate of drug-likeness (QED) is 0.709. The number of carboxylic acids is 1. The summed E-state index contributed by atoms with van der Waals surface area (Å²) in [6.45, 7) is 1.79. The van der Waals surface area contributed by atoms with Crippen LogP contribution in [0.15, 0.2) is 16.5 Å². The number of rotatable bonds is 3. The molecule has 0 amide bonds. The molecule has 3 N–H and O–H groups in total. The highest BCUT2D eigenvalue weighted by Gasteiger charge is 2.13. The second kappa shape index (κ2) is 3.40. The lowest BCUT2D eigenvalue weighted by atomic mass is 10.2. The van der Waals surface area contributed by atoms with Crippen molar-refractivity contribution in [1.29, 1.82) is 0 Å². The number of hydrogen-bond donors (Lipinski definition) is 2. The zero-order valence-electron chi connectivity index (χ0n) is 6.78. The largest absolute Gasteiger partial charge is 0.481 e. The number of carboxylic acid groups (broad SMARTS) is 1. The molecule has 0 aromatic carbocycles. The van der Waals surface area contributed by atoms with E-state index in [9.17, 15) is 4.79 Å². The Hall–Kier alpha value is -1.29. The van der Waals surface area contributed by atoms with Crippen molar-refractivity contribution in [2.45, 2.75) is 19.4 Å². The summed E-state index contributed by atoms with van der Waals surface area (Å²) in [6, 6.07) is 2.91. The SMILES string of the molecule is Cc1ccc(C(N)CC(=O)O)o1. The molecule has 0 spiro atoms. The Kier molecular flexibility index (Phi) is 2.50. The van der Waals surface area contributed by atoms with Crippen molar-refractivity contribution >= 4 is 5.97 Å². The van der Waals surface area contributed by atoms with Crippen LogP contribution in [0.4, 0.5) is 0 Å². The summed E-state index contributed by atoms with van der Waals surface area (Å²) in [5, 5.41) is 8.43. The Morgan fingerprint density at radius 2 is 2.42 bits per heavy atom. The van der Waals surface area contributed by atoms with Gasteiger partial charge in [-0.2, -0.15) is 0 Å². The molecule has 66 valence electrons. The Bertz CT molecular complexity index is 280. The van der Waals surface area contributed by atoms with Gasteiger partial charge in [-0.25, -0.2) is 0 Å². The van der Waals surface area contributed by atoms with Crippen LogP contribution < -0.4 is 5.73 Å². The van der Waals surface area contributed by atoms with E-state index in [4.69, 9.17) is 15.3 Å². The first kappa shape index (κ1) is 8.80. The molecule has 0 saturated carbocycles. The van der Waals surface area contributed by atoms with Crippen molar-refractivity contribution in [2.75, 3.05) is 0 Å². The first-order valence-electron chi connectivity index (χ1n) is 3.63. The minimum Gasteiger partial charge on any atom is -0.481 e. The van der Waals surface area contributed by atoms with E-state index in [-0.39, 0.29) is 6.42 Å². The maximum atomic E-state index is 10.3. The molecule has 0 bridgehead atoms. The summed E-state index contributed by atoms with van der Waals surface area (Å²) >= 11 is 0. The summed E-state index contributed by atoms with van der Waals surface area (Å²) in [5.41, 5.74) is 5.53. The van der Waals surface area contributed by atoms with E-state index >= 15 is 0 Å². The van der Waals surface area contributed by atoms with Crippen LogP contribution in [0.25, 0.3) is 0 Å². The predicted octanol–water partition coefficient (Wildman–Crippen LogP) is 1.06. The van der Waals surface area contributed by atoms with Gasteiger partial charge < -0.3 is 15.3 Å². The maximum absolute atomic E-state index is 10.3. The second-order valence-corrected chi connectivity index (χ2v) is 2.65. The van der Waals surface area contributed by atoms with Gasteiger partial charge in [-0.3, -0.25) is 4.79 Å². The third-order valence-corrected chi connectivity index (χ3v) is 1.52. The van der Waals surface area contributed by atoms with Gasteiger partial charge in [0.1, 0.15) is 11.5 Å². The van der Waals surface area contributed by atoms with E-state index in [1.54, 1.807) is 19.1 Å². The lowest BCUT2D eigenvalue weighted by Crippen LogP contribution is -2.14. The molecule has 0 radical (unpaired) electrons. The molecule has 1 heterocycles. The fourth-order valence-corrected chi connectivity index (χ4v) is 0.941. The van der Waals surface area contributed by atoms with E-state index < -0.39 is 12.0 Å². The third-order valence-electron chi connectivity index (χ3n) is 1.52.